The Labute approximate surface area is 99.7 Å². The number of carboxylic acids is 1. The van der Waals surface area contributed by atoms with Gasteiger partial charge in [-0.05, 0) is 12.8 Å². The zero-order valence-electron chi connectivity index (χ0n) is 9.16. The first-order chi connectivity index (χ1) is 8.23. The van der Waals surface area contributed by atoms with Crippen molar-refractivity contribution in [3.05, 3.63) is 0 Å². The molecule has 0 aliphatic carbocycles. The van der Waals surface area contributed by atoms with Crippen LogP contribution in [0.15, 0.2) is 0 Å². The Hall–Kier alpha value is -1.80. The van der Waals surface area contributed by atoms with Crippen molar-refractivity contribution in [2.45, 2.75) is 31.9 Å². The zero-order valence-corrected chi connectivity index (χ0v) is 9.16. The van der Waals surface area contributed by atoms with E-state index in [1.165, 1.54) is 0 Å². The van der Waals surface area contributed by atoms with Crippen molar-refractivity contribution in [1.29, 1.82) is 0 Å². The maximum absolute atomic E-state index is 11.6. The van der Waals surface area contributed by atoms with Gasteiger partial charge in [-0.25, -0.2) is 4.79 Å². The van der Waals surface area contributed by atoms with Crippen LogP contribution in [-0.2, 0) is 23.9 Å². The molecule has 0 amide bonds. The summed E-state index contributed by atoms with van der Waals surface area (Å²) in [5, 5.41) is 8.28. The smallest absolute Gasteiger partial charge is 0.481 e. The molecule has 0 spiro atoms. The number of aliphatic carboxylic acids is 1. The van der Waals surface area contributed by atoms with Crippen LogP contribution < -0.4 is 0 Å². The van der Waals surface area contributed by atoms with E-state index >= 15 is 0 Å². The maximum atomic E-state index is 11.6. The van der Waals surface area contributed by atoms with Gasteiger partial charge in [-0.1, -0.05) is 0 Å². The van der Waals surface area contributed by atoms with Gasteiger partial charge in [0.1, 0.15) is 0 Å². The van der Waals surface area contributed by atoms with Crippen LogP contribution in [0.3, 0.4) is 0 Å². The van der Waals surface area contributed by atoms with Gasteiger partial charge in [-0.15, -0.1) is 0 Å². The number of rotatable bonds is 7. The number of carbonyl (C=O) groups is 3. The summed E-state index contributed by atoms with van der Waals surface area (Å²) in [4.78, 5) is 31.2. The Morgan fingerprint density at radius 1 is 1.00 bits per heavy atom. The van der Waals surface area contributed by atoms with E-state index in [0.717, 1.165) is 0 Å². The Kier molecular flexibility index (Phi) is 6.76. The van der Waals surface area contributed by atoms with Gasteiger partial charge in [0.2, 0.25) is 6.79 Å². The minimum atomic E-state index is -5.13. The zero-order chi connectivity index (χ0) is 14.2. The Morgan fingerprint density at radius 2 is 1.56 bits per heavy atom. The van der Waals surface area contributed by atoms with E-state index in [1.807, 2.05) is 0 Å². The second-order valence-electron chi connectivity index (χ2n) is 3.16. The monoisotopic (exact) mass is 272 g/mol. The summed E-state index contributed by atoms with van der Waals surface area (Å²) in [6.45, 7) is -1.11. The fraction of sp³-hybridized carbons (Fsp3) is 0.667. The number of esters is 2. The number of carboxylic acid groups (broad SMARTS) is 1. The van der Waals surface area contributed by atoms with Gasteiger partial charge in [0.25, 0.3) is 0 Å². The lowest BCUT2D eigenvalue weighted by atomic mass is 10.2. The molecule has 0 saturated heterocycles. The van der Waals surface area contributed by atoms with E-state index in [9.17, 15) is 27.6 Å². The lowest BCUT2D eigenvalue weighted by Crippen LogP contribution is -2.26. The largest absolute Gasteiger partial charge is 0.491 e. The molecule has 6 nitrogen and oxygen atoms in total. The third-order valence-electron chi connectivity index (χ3n) is 1.66. The molecule has 0 fully saturated rings. The molecule has 0 atom stereocenters. The summed E-state index contributed by atoms with van der Waals surface area (Å²) < 4.78 is 42.7. The van der Waals surface area contributed by atoms with Crippen LogP contribution in [0.25, 0.3) is 0 Å². The average Bonchev–Trinajstić information content (AvgIpc) is 2.22. The van der Waals surface area contributed by atoms with Gasteiger partial charge >= 0.3 is 24.1 Å². The molecule has 9 heteroatoms. The third kappa shape index (κ3) is 8.36. The van der Waals surface area contributed by atoms with E-state index < -0.39 is 30.9 Å². The molecule has 104 valence electrons. The molecular weight excluding hydrogens is 261 g/mol. The number of unbranched alkanes of at least 4 members (excludes halogenated alkanes) is 1. The Balaban J connectivity index is 3.60. The summed E-state index contributed by atoms with van der Waals surface area (Å²) in [7, 11) is 0. The number of hydrogen-bond donors (Lipinski definition) is 1. The molecule has 0 aromatic rings. The van der Waals surface area contributed by atoms with Crippen LogP contribution in [0.1, 0.15) is 25.7 Å². The van der Waals surface area contributed by atoms with Gasteiger partial charge in [0, 0.05) is 12.8 Å². The van der Waals surface area contributed by atoms with Gasteiger partial charge in [0.05, 0.1) is 0 Å². The van der Waals surface area contributed by atoms with Gasteiger partial charge in [0.15, 0.2) is 0 Å². The van der Waals surface area contributed by atoms with Crippen molar-refractivity contribution in [3.8, 4) is 0 Å². The number of carbonyl (C=O) groups excluding carboxylic acids is 2. The van der Waals surface area contributed by atoms with Gasteiger partial charge in [-0.3, -0.25) is 9.59 Å². The molecule has 18 heavy (non-hydrogen) atoms. The minimum absolute atomic E-state index is 0.115. The minimum Gasteiger partial charge on any atom is -0.481 e. The van der Waals surface area contributed by atoms with Crippen LogP contribution in [-0.4, -0.2) is 36.0 Å². The molecule has 0 radical (unpaired) electrons. The van der Waals surface area contributed by atoms with Crippen molar-refractivity contribution in [2.75, 3.05) is 6.79 Å². The molecule has 1 N–H and O–H groups in total. The molecule has 0 heterocycles. The highest BCUT2D eigenvalue weighted by molar-refractivity contribution is 5.75. The van der Waals surface area contributed by atoms with Crippen molar-refractivity contribution in [1.82, 2.24) is 0 Å². The van der Waals surface area contributed by atoms with E-state index in [4.69, 9.17) is 5.11 Å². The van der Waals surface area contributed by atoms with E-state index in [1.54, 1.807) is 0 Å². The summed E-state index contributed by atoms with van der Waals surface area (Å²) in [6.07, 6.45) is -4.94. The molecule has 0 aliphatic heterocycles. The van der Waals surface area contributed by atoms with Crippen molar-refractivity contribution in [3.63, 3.8) is 0 Å². The lowest BCUT2D eigenvalue weighted by Gasteiger charge is -2.07. The SMILES string of the molecule is O=C(O)CCCCC(=O)OCOC(=O)C(F)(F)F. The molecule has 0 unspecified atom stereocenters. The van der Waals surface area contributed by atoms with E-state index in [-0.39, 0.29) is 25.7 Å². The van der Waals surface area contributed by atoms with Crippen LogP contribution in [0.5, 0.6) is 0 Å². The first-order valence-electron chi connectivity index (χ1n) is 4.85. The number of hydrogen-bond acceptors (Lipinski definition) is 5. The average molecular weight is 272 g/mol. The highest BCUT2D eigenvalue weighted by atomic mass is 19.4. The third-order valence-corrected chi connectivity index (χ3v) is 1.66. The summed E-state index contributed by atoms with van der Waals surface area (Å²) >= 11 is 0. The Morgan fingerprint density at radius 3 is 2.06 bits per heavy atom. The molecule has 0 rings (SSSR count). The Bertz CT molecular complexity index is 312. The normalized spacial score (nSPS) is 10.8. The van der Waals surface area contributed by atoms with Crippen LogP contribution in [0, 0.1) is 0 Å². The number of ether oxygens (including phenoxy) is 2. The van der Waals surface area contributed by atoms with Crippen LogP contribution in [0.2, 0.25) is 0 Å². The van der Waals surface area contributed by atoms with E-state index in [0.29, 0.717) is 0 Å². The predicted octanol–water partition coefficient (Wildman–Crippen LogP) is 1.24. The molecule has 0 aromatic carbocycles. The first-order valence-corrected chi connectivity index (χ1v) is 4.85. The van der Waals surface area contributed by atoms with Gasteiger partial charge in [-0.2, -0.15) is 13.2 Å². The highest BCUT2D eigenvalue weighted by Gasteiger charge is 2.41. The summed E-state index contributed by atoms with van der Waals surface area (Å²) in [6, 6.07) is 0. The van der Waals surface area contributed by atoms with Crippen LogP contribution >= 0.6 is 0 Å². The molecule has 0 aromatic heterocycles. The van der Waals surface area contributed by atoms with Crippen LogP contribution in [0.4, 0.5) is 13.2 Å². The fourth-order valence-corrected chi connectivity index (χ4v) is 0.848. The quantitative estimate of drug-likeness (QED) is 0.426. The molecular formula is C9H11F3O6. The van der Waals surface area contributed by atoms with Gasteiger partial charge < -0.3 is 14.6 Å². The molecule has 0 saturated carbocycles. The standard InChI is InChI=1S/C9H11F3O6/c10-9(11,12)8(16)18-5-17-7(15)4-2-1-3-6(13)14/h1-5H2,(H,13,14). The van der Waals surface area contributed by atoms with Crippen molar-refractivity contribution < 1.29 is 42.1 Å². The highest BCUT2D eigenvalue weighted by Crippen LogP contribution is 2.16. The van der Waals surface area contributed by atoms with Crippen molar-refractivity contribution in [2.24, 2.45) is 0 Å². The maximum Gasteiger partial charge on any atom is 0.491 e. The van der Waals surface area contributed by atoms with Crippen molar-refractivity contribution >= 4 is 17.9 Å². The fourth-order valence-electron chi connectivity index (χ4n) is 0.848. The topological polar surface area (TPSA) is 89.9 Å². The summed E-state index contributed by atoms with van der Waals surface area (Å²) in [5.74, 6) is -4.32. The number of halogens is 3. The predicted molar refractivity (Wildman–Crippen MR) is 49.2 cm³/mol. The second-order valence-corrected chi connectivity index (χ2v) is 3.16. The second kappa shape index (κ2) is 7.51. The first kappa shape index (κ1) is 16.2. The lowest BCUT2D eigenvalue weighted by molar-refractivity contribution is -0.210. The molecule has 0 bridgehead atoms. The summed E-state index contributed by atoms with van der Waals surface area (Å²) in [5.41, 5.74) is 0. The molecule has 0 aliphatic rings. The van der Waals surface area contributed by atoms with E-state index in [2.05, 4.69) is 9.47 Å². The number of alkyl halides is 3.